The third-order valence-electron chi connectivity index (χ3n) is 6.53. The van der Waals surface area contributed by atoms with E-state index < -0.39 is 0 Å². The highest BCUT2D eigenvalue weighted by molar-refractivity contribution is 5.80. The number of likely N-dealkylation sites (tertiary alicyclic amines) is 1. The molecule has 6 nitrogen and oxygen atoms in total. The highest BCUT2D eigenvalue weighted by Gasteiger charge is 2.29. The normalized spacial score (nSPS) is 24.5. The first-order valence-corrected chi connectivity index (χ1v) is 11.8. The summed E-state index contributed by atoms with van der Waals surface area (Å²) in [5, 5.41) is 7.85. The summed E-state index contributed by atoms with van der Waals surface area (Å²) in [5.74, 6) is 2.15. The van der Waals surface area contributed by atoms with Crippen molar-refractivity contribution in [3.8, 4) is 0 Å². The van der Waals surface area contributed by atoms with Crippen LogP contribution in [-0.2, 0) is 18.2 Å². The van der Waals surface area contributed by atoms with Gasteiger partial charge in [0.25, 0.3) is 0 Å². The van der Waals surface area contributed by atoms with Gasteiger partial charge in [0, 0.05) is 51.9 Å². The second kappa shape index (κ2) is 10.3. The highest BCUT2D eigenvalue weighted by Crippen LogP contribution is 2.34. The summed E-state index contributed by atoms with van der Waals surface area (Å²) in [6.07, 6.45) is 8.87. The largest absolute Gasteiger partial charge is 0.373 e. The maximum absolute atomic E-state index is 6.21. The molecule has 2 saturated heterocycles. The summed E-state index contributed by atoms with van der Waals surface area (Å²) in [7, 11) is 1.99. The predicted molar refractivity (Wildman–Crippen MR) is 125 cm³/mol. The zero-order valence-electron chi connectivity index (χ0n) is 19.3. The quantitative estimate of drug-likeness (QED) is 0.568. The van der Waals surface area contributed by atoms with E-state index >= 15 is 0 Å². The van der Waals surface area contributed by atoms with Gasteiger partial charge in [-0.15, -0.1) is 0 Å². The maximum Gasteiger partial charge on any atom is 0.193 e. The van der Waals surface area contributed by atoms with Crippen molar-refractivity contribution in [3.05, 3.63) is 53.3 Å². The molecule has 0 aliphatic carbocycles. The van der Waals surface area contributed by atoms with Crippen LogP contribution in [0.25, 0.3) is 0 Å². The molecule has 31 heavy (non-hydrogen) atoms. The van der Waals surface area contributed by atoms with E-state index in [9.17, 15) is 0 Å². The van der Waals surface area contributed by atoms with Crippen molar-refractivity contribution >= 4 is 5.96 Å². The van der Waals surface area contributed by atoms with Gasteiger partial charge in [0.1, 0.15) is 0 Å². The number of hydrogen-bond donors (Lipinski definition) is 1. The second-order valence-electron chi connectivity index (χ2n) is 9.13. The molecule has 2 aromatic rings. The minimum atomic E-state index is 0.151. The van der Waals surface area contributed by atoms with Crippen LogP contribution in [0.3, 0.4) is 0 Å². The summed E-state index contributed by atoms with van der Waals surface area (Å²) >= 11 is 0. The smallest absolute Gasteiger partial charge is 0.193 e. The number of guanidine groups is 1. The summed E-state index contributed by atoms with van der Waals surface area (Å²) in [4.78, 5) is 7.53. The Morgan fingerprint density at radius 1 is 1.26 bits per heavy atom. The summed E-state index contributed by atoms with van der Waals surface area (Å²) in [6.45, 7) is 8.96. The van der Waals surface area contributed by atoms with Crippen LogP contribution in [-0.4, -0.2) is 53.4 Å². The number of benzene rings is 1. The van der Waals surface area contributed by atoms with Crippen LogP contribution in [0.15, 0.2) is 41.7 Å². The first-order chi connectivity index (χ1) is 15.1. The number of nitrogens with zero attached hydrogens (tertiary/aromatic N) is 4. The van der Waals surface area contributed by atoms with Gasteiger partial charge in [0.15, 0.2) is 5.96 Å². The Morgan fingerprint density at radius 3 is 2.84 bits per heavy atom. The lowest BCUT2D eigenvalue weighted by Gasteiger charge is -2.32. The molecule has 3 unspecified atom stereocenters. The molecule has 0 saturated carbocycles. The molecule has 2 aliphatic heterocycles. The van der Waals surface area contributed by atoms with Crippen LogP contribution in [0.5, 0.6) is 0 Å². The molecule has 2 fully saturated rings. The molecule has 168 valence electrons. The molecule has 0 spiro atoms. The molecule has 1 aromatic heterocycles. The Morgan fingerprint density at radius 2 is 2.10 bits per heavy atom. The third-order valence-corrected chi connectivity index (χ3v) is 6.53. The molecule has 0 bridgehead atoms. The molecule has 6 heteroatoms. The minimum absolute atomic E-state index is 0.151. The van der Waals surface area contributed by atoms with Gasteiger partial charge in [-0.05, 0) is 56.6 Å². The van der Waals surface area contributed by atoms with Gasteiger partial charge in [0.05, 0.1) is 12.3 Å². The van der Waals surface area contributed by atoms with Crippen LogP contribution in [0.1, 0.15) is 49.0 Å². The molecule has 2 aliphatic rings. The second-order valence-corrected chi connectivity index (χ2v) is 9.13. The average molecular weight is 424 g/mol. The molecule has 3 atom stereocenters. The summed E-state index contributed by atoms with van der Waals surface area (Å²) < 4.78 is 8.10. The molecule has 3 heterocycles. The van der Waals surface area contributed by atoms with Crippen LogP contribution >= 0.6 is 0 Å². The maximum atomic E-state index is 6.21. The Labute approximate surface area is 186 Å². The van der Waals surface area contributed by atoms with Gasteiger partial charge in [0.2, 0.25) is 0 Å². The van der Waals surface area contributed by atoms with Crippen molar-refractivity contribution in [2.45, 2.75) is 45.6 Å². The van der Waals surface area contributed by atoms with Crippen molar-refractivity contribution in [2.24, 2.45) is 23.9 Å². The van der Waals surface area contributed by atoms with Crippen molar-refractivity contribution in [1.29, 1.82) is 0 Å². The molecule has 0 amide bonds. The number of aromatic nitrogens is 2. The molecular formula is C25H37N5O. The van der Waals surface area contributed by atoms with Gasteiger partial charge < -0.3 is 15.0 Å². The van der Waals surface area contributed by atoms with Gasteiger partial charge in [-0.3, -0.25) is 9.67 Å². The Bertz CT molecular complexity index is 859. The van der Waals surface area contributed by atoms with E-state index in [1.807, 2.05) is 17.9 Å². The highest BCUT2D eigenvalue weighted by atomic mass is 16.5. The van der Waals surface area contributed by atoms with Crippen LogP contribution in [0, 0.1) is 18.8 Å². The van der Waals surface area contributed by atoms with Crippen molar-refractivity contribution < 1.29 is 4.74 Å². The number of rotatable bonds is 6. The fourth-order valence-corrected chi connectivity index (χ4v) is 4.89. The number of hydrogen-bond acceptors (Lipinski definition) is 3. The molecule has 4 rings (SSSR count). The lowest BCUT2D eigenvalue weighted by Crippen LogP contribution is -2.40. The van der Waals surface area contributed by atoms with E-state index in [4.69, 9.17) is 9.73 Å². The molecular weight excluding hydrogens is 386 g/mol. The number of nitrogens with one attached hydrogen (secondary N) is 1. The predicted octanol–water partition coefficient (Wildman–Crippen LogP) is 3.73. The Balaban J connectivity index is 1.40. The molecule has 1 N–H and O–H groups in total. The van der Waals surface area contributed by atoms with Gasteiger partial charge in [-0.25, -0.2) is 0 Å². The third kappa shape index (κ3) is 5.67. The Kier molecular flexibility index (Phi) is 7.28. The number of ether oxygens (including phenoxy) is 1. The van der Waals surface area contributed by atoms with E-state index in [1.54, 1.807) is 0 Å². The first-order valence-electron chi connectivity index (χ1n) is 11.8. The zero-order valence-corrected chi connectivity index (χ0v) is 19.3. The van der Waals surface area contributed by atoms with E-state index in [1.165, 1.54) is 29.5 Å². The number of aryl methyl sites for hydroxylation is 2. The zero-order chi connectivity index (χ0) is 21.6. The van der Waals surface area contributed by atoms with Crippen molar-refractivity contribution in [3.63, 3.8) is 0 Å². The Hall–Kier alpha value is -2.34. The lowest BCUT2D eigenvalue weighted by molar-refractivity contribution is -0.0250. The van der Waals surface area contributed by atoms with Gasteiger partial charge >= 0.3 is 0 Å². The van der Waals surface area contributed by atoms with E-state index in [0.717, 1.165) is 51.6 Å². The van der Waals surface area contributed by atoms with E-state index in [-0.39, 0.29) is 6.10 Å². The summed E-state index contributed by atoms with van der Waals surface area (Å²) in [5.41, 5.74) is 3.91. The van der Waals surface area contributed by atoms with E-state index in [0.29, 0.717) is 11.8 Å². The standard InChI is InChI=1S/C25H37N5O/c1-4-26-25(30-12-11-20(18-30)14-21-15-28-29(3)17-21)27-16-23-6-5-13-31-24(23)22-9-7-19(2)8-10-22/h7-10,15,17,20,23-24H,4-6,11-14,16,18H2,1-3H3,(H,26,27). The minimum Gasteiger partial charge on any atom is -0.373 e. The number of aliphatic imine (C=N–C) groups is 1. The van der Waals surface area contributed by atoms with Crippen LogP contribution in [0.4, 0.5) is 0 Å². The van der Waals surface area contributed by atoms with Gasteiger partial charge in [-0.1, -0.05) is 29.8 Å². The van der Waals surface area contributed by atoms with E-state index in [2.05, 4.69) is 59.6 Å². The fourth-order valence-electron chi connectivity index (χ4n) is 4.89. The lowest BCUT2D eigenvalue weighted by atomic mass is 9.89. The van der Waals surface area contributed by atoms with Crippen LogP contribution < -0.4 is 5.32 Å². The monoisotopic (exact) mass is 423 g/mol. The molecule has 0 radical (unpaired) electrons. The van der Waals surface area contributed by atoms with Gasteiger partial charge in [-0.2, -0.15) is 5.10 Å². The molecule has 1 aromatic carbocycles. The fraction of sp³-hybridized carbons (Fsp3) is 0.600. The van der Waals surface area contributed by atoms with Crippen molar-refractivity contribution in [1.82, 2.24) is 20.0 Å². The van der Waals surface area contributed by atoms with Crippen molar-refractivity contribution in [2.75, 3.05) is 32.8 Å². The average Bonchev–Trinajstić information content (AvgIpc) is 3.41. The SMILES string of the molecule is CCNC(=NCC1CCCOC1c1ccc(C)cc1)N1CCC(Cc2cnn(C)c2)C1. The topological polar surface area (TPSA) is 54.7 Å². The summed E-state index contributed by atoms with van der Waals surface area (Å²) in [6, 6.07) is 8.81. The first kappa shape index (κ1) is 21.9. The van der Waals surface area contributed by atoms with Crippen LogP contribution in [0.2, 0.25) is 0 Å².